The molecule has 0 radical (unpaired) electrons. The van der Waals surface area contributed by atoms with Crippen molar-refractivity contribution >= 4 is 23.4 Å². The van der Waals surface area contributed by atoms with Crippen molar-refractivity contribution in [2.24, 2.45) is 0 Å². The third-order valence-corrected chi connectivity index (χ3v) is 3.48. The summed E-state index contributed by atoms with van der Waals surface area (Å²) in [5, 5.41) is 39.4. The van der Waals surface area contributed by atoms with Gasteiger partial charge in [0.2, 0.25) is 5.79 Å². The molecule has 3 heterocycles. The summed E-state index contributed by atoms with van der Waals surface area (Å²) in [6, 6.07) is 0. The number of nitrogens with one attached hydrogen (secondary N) is 2. The van der Waals surface area contributed by atoms with E-state index in [9.17, 15) is 15.3 Å². The van der Waals surface area contributed by atoms with Crippen molar-refractivity contribution in [3.8, 4) is 0 Å². The highest BCUT2D eigenvalue weighted by atomic mass is 32.1. The average molecular weight is 300 g/mol. The monoisotopic (exact) mass is 300 g/mol. The minimum atomic E-state index is -2.26. The second-order valence-corrected chi connectivity index (χ2v) is 4.88. The number of imidazole rings is 1. The molecule has 0 amide bonds. The van der Waals surface area contributed by atoms with Crippen molar-refractivity contribution < 1.29 is 25.2 Å². The zero-order valence-corrected chi connectivity index (χ0v) is 10.8. The first-order valence-electron chi connectivity index (χ1n) is 5.78. The van der Waals surface area contributed by atoms with Gasteiger partial charge < -0.3 is 35.1 Å². The average Bonchev–Trinajstić information content (AvgIpc) is 2.97. The van der Waals surface area contributed by atoms with Gasteiger partial charge in [-0.3, -0.25) is 0 Å². The molecule has 108 valence electrons. The smallest absolute Gasteiger partial charge is 0.240 e. The molecule has 1 fully saturated rings. The highest BCUT2D eigenvalue weighted by Gasteiger charge is 2.55. The molecule has 0 unspecified atom stereocenters. The van der Waals surface area contributed by atoms with E-state index in [-0.39, 0.29) is 21.6 Å². The Morgan fingerprint density at radius 2 is 2.20 bits per heavy atom. The van der Waals surface area contributed by atoms with Crippen molar-refractivity contribution in [2.45, 2.75) is 24.1 Å². The topological polar surface area (TPSA) is 148 Å². The summed E-state index contributed by atoms with van der Waals surface area (Å²) >= 11 is 4.92. The molecule has 20 heavy (non-hydrogen) atoms. The largest absolute Gasteiger partial charge is 0.394 e. The molecular weight excluding hydrogens is 288 g/mol. The van der Waals surface area contributed by atoms with Gasteiger partial charge in [0.05, 0.1) is 12.9 Å². The van der Waals surface area contributed by atoms with E-state index in [1.807, 2.05) is 0 Å². The molecule has 1 aliphatic heterocycles. The van der Waals surface area contributed by atoms with Gasteiger partial charge in [0, 0.05) is 0 Å². The Labute approximate surface area is 116 Å². The van der Waals surface area contributed by atoms with Crippen molar-refractivity contribution in [1.29, 1.82) is 0 Å². The molecule has 0 aliphatic carbocycles. The molecule has 2 aromatic rings. The lowest BCUT2D eigenvalue weighted by atomic mass is 10.0. The SMILES string of the molecule is OC[C@H]1O[C@@](O)(c2[nH]c(=S)nc3nc[nH]c23)[C@H](O)[C@@H]1O. The number of hydrogen-bond acceptors (Lipinski definition) is 8. The van der Waals surface area contributed by atoms with Crippen LogP contribution in [0.2, 0.25) is 0 Å². The minimum absolute atomic E-state index is 0.00694. The maximum Gasteiger partial charge on any atom is 0.240 e. The summed E-state index contributed by atoms with van der Waals surface area (Å²) in [7, 11) is 0. The number of nitrogens with zero attached hydrogens (tertiary/aromatic N) is 2. The minimum Gasteiger partial charge on any atom is -0.394 e. The molecular formula is C10H12N4O5S. The summed E-state index contributed by atoms with van der Waals surface area (Å²) in [4.78, 5) is 13.2. The lowest BCUT2D eigenvalue weighted by Crippen LogP contribution is -2.41. The van der Waals surface area contributed by atoms with E-state index in [1.165, 1.54) is 6.33 Å². The predicted molar refractivity (Wildman–Crippen MR) is 66.9 cm³/mol. The third-order valence-electron chi connectivity index (χ3n) is 3.28. The Bertz CT molecular complexity index is 702. The van der Waals surface area contributed by atoms with Crippen LogP contribution in [0.15, 0.2) is 6.33 Å². The first kappa shape index (κ1) is 13.5. The lowest BCUT2D eigenvalue weighted by molar-refractivity contribution is -0.241. The number of ether oxygens (including phenoxy) is 1. The molecule has 1 saturated heterocycles. The molecule has 4 atom stereocenters. The van der Waals surface area contributed by atoms with Crippen molar-refractivity contribution in [3.63, 3.8) is 0 Å². The lowest BCUT2D eigenvalue weighted by Gasteiger charge is -2.26. The van der Waals surface area contributed by atoms with Gasteiger partial charge in [-0.2, -0.15) is 4.98 Å². The van der Waals surface area contributed by atoms with Crippen LogP contribution in [0, 0.1) is 4.77 Å². The van der Waals surface area contributed by atoms with E-state index < -0.39 is 30.7 Å². The number of H-pyrrole nitrogens is 2. The third kappa shape index (κ3) is 1.78. The molecule has 0 spiro atoms. The highest BCUT2D eigenvalue weighted by molar-refractivity contribution is 7.71. The Balaban J connectivity index is 2.19. The Morgan fingerprint density at radius 1 is 1.45 bits per heavy atom. The van der Waals surface area contributed by atoms with E-state index in [4.69, 9.17) is 22.1 Å². The first-order chi connectivity index (χ1) is 9.47. The number of aromatic amines is 2. The van der Waals surface area contributed by atoms with Crippen molar-refractivity contribution in [3.05, 3.63) is 16.8 Å². The molecule has 3 rings (SSSR count). The fraction of sp³-hybridized carbons (Fsp3) is 0.500. The standard InChI is InChI=1S/C10H12N4O5S/c15-1-3-5(16)7(17)10(18,19-3)6-4-8(12-2-11-4)14-9(20)13-6/h2-3,5,7,15-18H,1H2,(H2,11,12,13,14,20)/t3-,5-,7-,10+/m1/s1. The number of hydrogen-bond donors (Lipinski definition) is 6. The van der Waals surface area contributed by atoms with Crippen LogP contribution in [0.1, 0.15) is 5.69 Å². The second kappa shape index (κ2) is 4.55. The zero-order valence-electron chi connectivity index (χ0n) is 10.0. The van der Waals surface area contributed by atoms with Gasteiger partial charge in [-0.15, -0.1) is 0 Å². The normalized spacial score (nSPS) is 33.9. The van der Waals surface area contributed by atoms with E-state index in [2.05, 4.69) is 19.9 Å². The fourth-order valence-electron chi connectivity index (χ4n) is 2.28. The summed E-state index contributed by atoms with van der Waals surface area (Å²) in [5.41, 5.74) is 0.508. The zero-order chi connectivity index (χ0) is 14.5. The Morgan fingerprint density at radius 3 is 2.85 bits per heavy atom. The van der Waals surface area contributed by atoms with Crippen LogP contribution < -0.4 is 0 Å². The van der Waals surface area contributed by atoms with Gasteiger partial charge in [0.1, 0.15) is 29.5 Å². The maximum atomic E-state index is 10.5. The van der Waals surface area contributed by atoms with Gasteiger partial charge in [-0.25, -0.2) is 4.98 Å². The van der Waals surface area contributed by atoms with Gasteiger partial charge in [0.15, 0.2) is 10.4 Å². The van der Waals surface area contributed by atoms with Gasteiger partial charge in [-0.05, 0) is 12.2 Å². The maximum absolute atomic E-state index is 10.5. The molecule has 1 aliphatic rings. The molecule has 10 heteroatoms. The molecule has 9 nitrogen and oxygen atoms in total. The number of aliphatic hydroxyl groups is 4. The van der Waals surface area contributed by atoms with Crippen LogP contribution in [0.25, 0.3) is 11.2 Å². The van der Waals surface area contributed by atoms with E-state index in [0.717, 1.165) is 0 Å². The summed E-state index contributed by atoms with van der Waals surface area (Å²) < 4.78 is 5.23. The van der Waals surface area contributed by atoms with Crippen LogP contribution in [0.5, 0.6) is 0 Å². The summed E-state index contributed by atoms with van der Waals surface area (Å²) in [5.74, 6) is -2.26. The van der Waals surface area contributed by atoms with Crippen LogP contribution in [-0.2, 0) is 10.5 Å². The number of rotatable bonds is 2. The number of aliphatic hydroxyl groups excluding tert-OH is 3. The van der Waals surface area contributed by atoms with Crippen LogP contribution >= 0.6 is 12.2 Å². The van der Waals surface area contributed by atoms with Gasteiger partial charge >= 0.3 is 0 Å². The van der Waals surface area contributed by atoms with Gasteiger partial charge in [-0.1, -0.05) is 0 Å². The molecule has 0 bridgehead atoms. The Kier molecular flexibility index (Phi) is 3.08. The Hall–Kier alpha value is -1.43. The van der Waals surface area contributed by atoms with E-state index in [1.54, 1.807) is 0 Å². The predicted octanol–water partition coefficient (Wildman–Crippen LogP) is -1.73. The molecule has 0 aromatic carbocycles. The van der Waals surface area contributed by atoms with Crippen molar-refractivity contribution in [2.75, 3.05) is 6.61 Å². The van der Waals surface area contributed by atoms with Gasteiger partial charge in [0.25, 0.3) is 0 Å². The van der Waals surface area contributed by atoms with Crippen LogP contribution in [0.3, 0.4) is 0 Å². The number of fused-ring (bicyclic) bond motifs is 1. The first-order valence-corrected chi connectivity index (χ1v) is 6.19. The van der Waals surface area contributed by atoms with Crippen LogP contribution in [-0.4, -0.2) is 65.3 Å². The molecule has 2 aromatic heterocycles. The van der Waals surface area contributed by atoms with Crippen LogP contribution in [0.4, 0.5) is 0 Å². The number of aromatic nitrogens is 4. The van der Waals surface area contributed by atoms with Crippen molar-refractivity contribution in [1.82, 2.24) is 19.9 Å². The van der Waals surface area contributed by atoms with E-state index >= 15 is 0 Å². The molecule has 6 N–H and O–H groups in total. The van der Waals surface area contributed by atoms with E-state index in [0.29, 0.717) is 0 Å². The highest BCUT2D eigenvalue weighted by Crippen LogP contribution is 2.38. The fourth-order valence-corrected chi connectivity index (χ4v) is 2.46. The second-order valence-electron chi connectivity index (χ2n) is 4.49. The summed E-state index contributed by atoms with van der Waals surface area (Å²) in [6.45, 7) is -0.557. The quantitative estimate of drug-likeness (QED) is 0.359. The molecule has 0 saturated carbocycles. The summed E-state index contributed by atoms with van der Waals surface area (Å²) in [6.07, 6.45) is -2.89.